The average molecular weight is 261 g/mol. The van der Waals surface area contributed by atoms with Crippen LogP contribution >= 0.6 is 0 Å². The number of aryl methyl sites for hydroxylation is 2. The highest BCUT2D eigenvalue weighted by atomic mass is 16.5. The van der Waals surface area contributed by atoms with E-state index in [9.17, 15) is 9.59 Å². The van der Waals surface area contributed by atoms with Crippen LogP contribution in [0.3, 0.4) is 0 Å². The predicted molar refractivity (Wildman–Crippen MR) is 74.3 cm³/mol. The van der Waals surface area contributed by atoms with Crippen molar-refractivity contribution in [3.63, 3.8) is 0 Å². The molecule has 0 aliphatic heterocycles. The zero-order chi connectivity index (χ0) is 14.0. The van der Waals surface area contributed by atoms with Crippen LogP contribution in [0.15, 0.2) is 16.9 Å². The summed E-state index contributed by atoms with van der Waals surface area (Å²) in [6, 6.07) is 1.87. The normalized spacial score (nSPS) is 14.4. The Balaban J connectivity index is 2.60. The van der Waals surface area contributed by atoms with Gasteiger partial charge in [0.15, 0.2) is 0 Å². The van der Waals surface area contributed by atoms with Gasteiger partial charge in [0.25, 0.3) is 5.56 Å². The number of esters is 1. The van der Waals surface area contributed by atoms with Gasteiger partial charge in [-0.1, -0.05) is 6.08 Å². The number of pyridine rings is 1. The minimum atomic E-state index is -0.530. The van der Waals surface area contributed by atoms with Gasteiger partial charge in [-0.2, -0.15) is 0 Å². The monoisotopic (exact) mass is 261 g/mol. The Bertz CT molecular complexity index is 596. The first-order valence-electron chi connectivity index (χ1n) is 6.66. The Kier molecular flexibility index (Phi) is 3.88. The molecule has 1 aliphatic rings. The standard InChI is InChI=1S/C15H19NO3/c1-4-19-15(18)13-10(2)9-11(3)16(14(13)17)12-7-5-6-8-12/h7,9H,4-6,8H2,1-3H3. The highest BCUT2D eigenvalue weighted by Gasteiger charge is 2.20. The second-order valence-electron chi connectivity index (χ2n) is 4.79. The van der Waals surface area contributed by atoms with Crippen LogP contribution in [-0.2, 0) is 4.74 Å². The molecule has 1 aromatic rings. The Morgan fingerprint density at radius 2 is 2.16 bits per heavy atom. The van der Waals surface area contributed by atoms with Gasteiger partial charge in [-0.05, 0) is 51.7 Å². The first-order chi connectivity index (χ1) is 9.06. The Morgan fingerprint density at radius 3 is 2.74 bits per heavy atom. The van der Waals surface area contributed by atoms with Crippen LogP contribution in [0.1, 0.15) is 47.8 Å². The number of aromatic nitrogens is 1. The number of rotatable bonds is 3. The zero-order valence-corrected chi connectivity index (χ0v) is 11.7. The summed E-state index contributed by atoms with van der Waals surface area (Å²) < 4.78 is 6.62. The van der Waals surface area contributed by atoms with Gasteiger partial charge in [0.2, 0.25) is 0 Å². The molecule has 19 heavy (non-hydrogen) atoms. The van der Waals surface area contributed by atoms with Crippen molar-refractivity contribution in [2.45, 2.75) is 40.0 Å². The van der Waals surface area contributed by atoms with E-state index in [0.29, 0.717) is 5.56 Å². The van der Waals surface area contributed by atoms with Crippen molar-refractivity contribution in [3.8, 4) is 0 Å². The minimum absolute atomic E-state index is 0.153. The van der Waals surface area contributed by atoms with Crippen LogP contribution in [0.25, 0.3) is 5.70 Å². The summed E-state index contributed by atoms with van der Waals surface area (Å²) in [6.07, 6.45) is 5.00. The van der Waals surface area contributed by atoms with E-state index in [1.807, 2.05) is 13.0 Å². The number of hydrogen-bond donors (Lipinski definition) is 0. The lowest BCUT2D eigenvalue weighted by Crippen LogP contribution is -2.29. The van der Waals surface area contributed by atoms with Gasteiger partial charge in [0, 0.05) is 11.4 Å². The second-order valence-corrected chi connectivity index (χ2v) is 4.79. The maximum absolute atomic E-state index is 12.5. The van der Waals surface area contributed by atoms with E-state index >= 15 is 0 Å². The number of carbonyl (C=O) groups is 1. The number of carbonyl (C=O) groups excluding carboxylic acids is 1. The fourth-order valence-corrected chi connectivity index (χ4v) is 2.56. The van der Waals surface area contributed by atoms with Gasteiger partial charge < -0.3 is 4.74 Å². The summed E-state index contributed by atoms with van der Waals surface area (Å²) in [7, 11) is 0. The van der Waals surface area contributed by atoms with E-state index in [1.165, 1.54) is 0 Å². The van der Waals surface area contributed by atoms with Gasteiger partial charge in [0.1, 0.15) is 5.56 Å². The summed E-state index contributed by atoms with van der Waals surface area (Å²) in [6.45, 7) is 5.67. The quantitative estimate of drug-likeness (QED) is 0.786. The summed E-state index contributed by atoms with van der Waals surface area (Å²) in [5, 5.41) is 0. The lowest BCUT2D eigenvalue weighted by molar-refractivity contribution is 0.0523. The molecule has 1 aromatic heterocycles. The van der Waals surface area contributed by atoms with Crippen molar-refractivity contribution in [1.29, 1.82) is 0 Å². The van der Waals surface area contributed by atoms with E-state index < -0.39 is 5.97 Å². The van der Waals surface area contributed by atoms with Crippen molar-refractivity contribution >= 4 is 11.7 Å². The molecule has 2 rings (SSSR count). The van der Waals surface area contributed by atoms with Crippen LogP contribution in [0, 0.1) is 13.8 Å². The molecule has 0 atom stereocenters. The van der Waals surface area contributed by atoms with Crippen LogP contribution in [-0.4, -0.2) is 17.1 Å². The largest absolute Gasteiger partial charge is 0.462 e. The molecule has 0 radical (unpaired) electrons. The SMILES string of the molecule is CCOC(=O)c1c(C)cc(C)n(C2=CCCC2)c1=O. The summed E-state index contributed by atoms with van der Waals surface area (Å²) in [5.41, 5.74) is 2.43. The van der Waals surface area contributed by atoms with Crippen molar-refractivity contribution in [2.24, 2.45) is 0 Å². The van der Waals surface area contributed by atoms with Crippen LogP contribution in [0.2, 0.25) is 0 Å². The minimum Gasteiger partial charge on any atom is -0.462 e. The van der Waals surface area contributed by atoms with Gasteiger partial charge in [-0.25, -0.2) is 4.79 Å². The summed E-state index contributed by atoms with van der Waals surface area (Å²) in [5.74, 6) is -0.530. The van der Waals surface area contributed by atoms with Crippen molar-refractivity contribution in [3.05, 3.63) is 39.3 Å². The zero-order valence-electron chi connectivity index (χ0n) is 11.7. The maximum atomic E-state index is 12.5. The Hall–Kier alpha value is -1.84. The molecule has 0 spiro atoms. The third kappa shape index (κ3) is 2.48. The maximum Gasteiger partial charge on any atom is 0.344 e. The molecule has 102 valence electrons. The Labute approximate surface area is 112 Å². The fraction of sp³-hybridized carbons (Fsp3) is 0.467. The molecule has 1 aliphatic carbocycles. The van der Waals surface area contributed by atoms with Crippen molar-refractivity contribution in [1.82, 2.24) is 4.57 Å². The Morgan fingerprint density at radius 1 is 1.42 bits per heavy atom. The van der Waals surface area contributed by atoms with Gasteiger partial charge in [0.05, 0.1) is 6.61 Å². The number of ether oxygens (including phenoxy) is 1. The number of nitrogens with zero attached hydrogens (tertiary/aromatic N) is 1. The molecule has 0 N–H and O–H groups in total. The highest BCUT2D eigenvalue weighted by Crippen LogP contribution is 2.23. The van der Waals surface area contributed by atoms with Crippen LogP contribution < -0.4 is 5.56 Å². The topological polar surface area (TPSA) is 48.3 Å². The summed E-state index contributed by atoms with van der Waals surface area (Å²) >= 11 is 0. The third-order valence-electron chi connectivity index (χ3n) is 3.37. The van der Waals surface area contributed by atoms with Crippen LogP contribution in [0.5, 0.6) is 0 Å². The molecule has 0 fully saturated rings. The smallest absolute Gasteiger partial charge is 0.344 e. The van der Waals surface area contributed by atoms with E-state index in [0.717, 1.165) is 30.7 Å². The average Bonchev–Trinajstić information content (AvgIpc) is 2.82. The van der Waals surface area contributed by atoms with Crippen molar-refractivity contribution < 1.29 is 9.53 Å². The van der Waals surface area contributed by atoms with Crippen LogP contribution in [0.4, 0.5) is 0 Å². The van der Waals surface area contributed by atoms with Gasteiger partial charge in [-0.15, -0.1) is 0 Å². The van der Waals surface area contributed by atoms with Gasteiger partial charge in [-0.3, -0.25) is 9.36 Å². The third-order valence-corrected chi connectivity index (χ3v) is 3.37. The van der Waals surface area contributed by atoms with Crippen molar-refractivity contribution in [2.75, 3.05) is 6.61 Å². The summed E-state index contributed by atoms with van der Waals surface area (Å²) in [4.78, 5) is 24.4. The molecule has 4 nitrogen and oxygen atoms in total. The number of hydrogen-bond acceptors (Lipinski definition) is 3. The highest BCUT2D eigenvalue weighted by molar-refractivity contribution is 5.90. The van der Waals surface area contributed by atoms with Gasteiger partial charge >= 0.3 is 5.97 Å². The van der Waals surface area contributed by atoms with E-state index in [-0.39, 0.29) is 17.7 Å². The molecule has 0 saturated heterocycles. The molecule has 0 amide bonds. The molecule has 4 heteroatoms. The molecular weight excluding hydrogens is 242 g/mol. The molecule has 1 heterocycles. The van der Waals surface area contributed by atoms with E-state index in [2.05, 4.69) is 6.08 Å². The molecule has 0 bridgehead atoms. The first kappa shape index (κ1) is 13.6. The lowest BCUT2D eigenvalue weighted by atomic mass is 10.1. The molecule has 0 unspecified atom stereocenters. The first-order valence-corrected chi connectivity index (χ1v) is 6.66. The number of allylic oxidation sites excluding steroid dienone is 2. The lowest BCUT2D eigenvalue weighted by Gasteiger charge is -2.14. The molecule has 0 saturated carbocycles. The van der Waals surface area contributed by atoms with E-state index in [1.54, 1.807) is 18.4 Å². The predicted octanol–water partition coefficient (Wildman–Crippen LogP) is 2.67. The fourth-order valence-electron chi connectivity index (χ4n) is 2.56. The molecular formula is C15H19NO3. The molecule has 0 aromatic carbocycles. The van der Waals surface area contributed by atoms with E-state index in [4.69, 9.17) is 4.74 Å². The second kappa shape index (κ2) is 5.43.